The lowest BCUT2D eigenvalue weighted by atomic mass is 10.1. The van der Waals surface area contributed by atoms with Crippen molar-refractivity contribution in [3.8, 4) is 11.5 Å². The summed E-state index contributed by atoms with van der Waals surface area (Å²) in [7, 11) is 1.59. The zero-order valence-corrected chi connectivity index (χ0v) is 18.5. The molecule has 33 heavy (non-hydrogen) atoms. The van der Waals surface area contributed by atoms with Gasteiger partial charge < -0.3 is 25.4 Å². The first-order valence-electron chi connectivity index (χ1n) is 10.9. The number of hydrogen-bond donors (Lipinski definition) is 3. The average Bonchev–Trinajstić information content (AvgIpc) is 3.66. The average molecular weight is 446 g/mol. The van der Waals surface area contributed by atoms with Crippen molar-refractivity contribution < 1.29 is 19.1 Å². The summed E-state index contributed by atoms with van der Waals surface area (Å²) in [4.78, 5) is 24.6. The fourth-order valence-electron chi connectivity index (χ4n) is 3.28. The molecule has 3 amide bonds. The molecule has 0 unspecified atom stereocenters. The lowest BCUT2D eigenvalue weighted by Crippen LogP contribution is -2.30. The summed E-state index contributed by atoms with van der Waals surface area (Å²) in [6, 6.07) is 22.4. The number of ether oxygens (including phenoxy) is 2. The van der Waals surface area contributed by atoms with Crippen LogP contribution in [-0.4, -0.2) is 25.1 Å². The van der Waals surface area contributed by atoms with E-state index in [1.54, 1.807) is 31.4 Å². The first kappa shape index (κ1) is 22.2. The summed E-state index contributed by atoms with van der Waals surface area (Å²) < 4.78 is 11.4. The van der Waals surface area contributed by atoms with Crippen molar-refractivity contribution in [1.82, 2.24) is 10.6 Å². The Bertz CT molecular complexity index is 1110. The zero-order chi connectivity index (χ0) is 23.0. The van der Waals surface area contributed by atoms with Gasteiger partial charge in [0.15, 0.2) is 11.5 Å². The molecule has 1 aliphatic rings. The van der Waals surface area contributed by atoms with Gasteiger partial charge in [-0.15, -0.1) is 0 Å². The maximum absolute atomic E-state index is 12.6. The second-order valence-electron chi connectivity index (χ2n) is 7.90. The molecule has 4 rings (SSSR count). The number of rotatable bonds is 9. The van der Waals surface area contributed by atoms with Gasteiger partial charge in [0.2, 0.25) is 0 Å². The molecule has 170 valence electrons. The Morgan fingerprint density at radius 2 is 1.73 bits per heavy atom. The van der Waals surface area contributed by atoms with E-state index in [0.717, 1.165) is 24.0 Å². The number of benzene rings is 3. The first-order chi connectivity index (χ1) is 16.1. The summed E-state index contributed by atoms with van der Waals surface area (Å²) in [5.41, 5.74) is 2.99. The van der Waals surface area contributed by atoms with Crippen LogP contribution in [0, 0.1) is 0 Å². The molecule has 7 heteroatoms. The van der Waals surface area contributed by atoms with Crippen LogP contribution in [-0.2, 0) is 13.2 Å². The molecule has 3 aromatic rings. The van der Waals surface area contributed by atoms with Crippen molar-refractivity contribution >= 4 is 17.6 Å². The van der Waals surface area contributed by atoms with E-state index in [9.17, 15) is 9.59 Å². The predicted octanol–water partition coefficient (Wildman–Crippen LogP) is 4.49. The molecule has 1 saturated carbocycles. The molecule has 3 N–H and O–H groups in total. The minimum atomic E-state index is -0.253. The number of carbonyl (C=O) groups excluding carboxylic acids is 2. The molecule has 1 aliphatic carbocycles. The van der Waals surface area contributed by atoms with Gasteiger partial charge in [-0.2, -0.15) is 0 Å². The molecule has 0 aromatic heterocycles. The molecule has 0 bridgehead atoms. The van der Waals surface area contributed by atoms with E-state index in [1.807, 2.05) is 48.5 Å². The van der Waals surface area contributed by atoms with Gasteiger partial charge in [0, 0.05) is 23.8 Å². The monoisotopic (exact) mass is 445 g/mol. The van der Waals surface area contributed by atoms with Crippen molar-refractivity contribution in [2.45, 2.75) is 32.0 Å². The lowest BCUT2D eigenvalue weighted by Gasteiger charge is -2.13. The Hall–Kier alpha value is -4.00. The zero-order valence-electron chi connectivity index (χ0n) is 18.5. The summed E-state index contributed by atoms with van der Waals surface area (Å²) in [5.74, 6) is 1.01. The number of anilines is 1. The molecule has 3 aromatic carbocycles. The molecule has 0 radical (unpaired) electrons. The molecule has 0 aliphatic heterocycles. The fourth-order valence-corrected chi connectivity index (χ4v) is 3.28. The number of methoxy groups -OCH3 is 1. The van der Waals surface area contributed by atoms with E-state index < -0.39 is 0 Å². The van der Waals surface area contributed by atoms with Crippen LogP contribution in [0.1, 0.15) is 34.3 Å². The topological polar surface area (TPSA) is 88.7 Å². The van der Waals surface area contributed by atoms with E-state index in [2.05, 4.69) is 16.0 Å². The van der Waals surface area contributed by atoms with E-state index >= 15 is 0 Å². The van der Waals surface area contributed by atoms with Crippen LogP contribution in [0.3, 0.4) is 0 Å². The largest absolute Gasteiger partial charge is 0.493 e. The van der Waals surface area contributed by atoms with E-state index in [-0.39, 0.29) is 18.0 Å². The highest BCUT2D eigenvalue weighted by Crippen LogP contribution is 2.29. The Labute approximate surface area is 193 Å². The van der Waals surface area contributed by atoms with Crippen molar-refractivity contribution in [2.24, 2.45) is 0 Å². The highest BCUT2D eigenvalue weighted by molar-refractivity contribution is 5.96. The first-order valence-corrected chi connectivity index (χ1v) is 10.9. The fraction of sp³-hybridized carbons (Fsp3) is 0.231. The lowest BCUT2D eigenvalue weighted by molar-refractivity contribution is 0.0951. The van der Waals surface area contributed by atoms with E-state index in [1.165, 1.54) is 0 Å². The van der Waals surface area contributed by atoms with Gasteiger partial charge >= 0.3 is 6.03 Å². The third-order valence-corrected chi connectivity index (χ3v) is 5.21. The van der Waals surface area contributed by atoms with Gasteiger partial charge in [0.1, 0.15) is 6.61 Å². The molecule has 0 saturated heterocycles. The van der Waals surface area contributed by atoms with Gasteiger partial charge in [-0.25, -0.2) is 4.79 Å². The number of urea groups is 1. The molecule has 1 fully saturated rings. The molecular weight excluding hydrogens is 418 g/mol. The Kier molecular flexibility index (Phi) is 7.09. The summed E-state index contributed by atoms with van der Waals surface area (Å²) in [6.07, 6.45) is 2.03. The third-order valence-electron chi connectivity index (χ3n) is 5.21. The van der Waals surface area contributed by atoms with Crippen LogP contribution < -0.4 is 25.4 Å². The summed E-state index contributed by atoms with van der Waals surface area (Å²) in [6.45, 7) is 0.768. The highest BCUT2D eigenvalue weighted by atomic mass is 16.5. The Balaban J connectivity index is 1.33. The third kappa shape index (κ3) is 6.49. The van der Waals surface area contributed by atoms with Crippen LogP contribution in [0.15, 0.2) is 72.8 Å². The van der Waals surface area contributed by atoms with Crippen LogP contribution >= 0.6 is 0 Å². The van der Waals surface area contributed by atoms with E-state index in [4.69, 9.17) is 9.47 Å². The second kappa shape index (κ2) is 10.5. The Morgan fingerprint density at radius 1 is 0.909 bits per heavy atom. The molecule has 0 heterocycles. The molecular formula is C26H27N3O4. The molecule has 0 atom stereocenters. The van der Waals surface area contributed by atoms with Crippen molar-refractivity contribution in [3.05, 3.63) is 89.5 Å². The molecule has 7 nitrogen and oxygen atoms in total. The number of carbonyl (C=O) groups is 2. The predicted molar refractivity (Wildman–Crippen MR) is 127 cm³/mol. The van der Waals surface area contributed by atoms with Crippen molar-refractivity contribution in [2.75, 3.05) is 12.4 Å². The normalized spacial score (nSPS) is 12.5. The van der Waals surface area contributed by atoms with Crippen LogP contribution in [0.2, 0.25) is 0 Å². The van der Waals surface area contributed by atoms with Gasteiger partial charge in [-0.3, -0.25) is 4.79 Å². The van der Waals surface area contributed by atoms with Crippen LogP contribution in [0.25, 0.3) is 0 Å². The minimum absolute atomic E-state index is 0.232. The van der Waals surface area contributed by atoms with Crippen LogP contribution in [0.4, 0.5) is 10.5 Å². The van der Waals surface area contributed by atoms with E-state index in [0.29, 0.717) is 35.9 Å². The minimum Gasteiger partial charge on any atom is -0.493 e. The van der Waals surface area contributed by atoms with Gasteiger partial charge in [-0.1, -0.05) is 42.5 Å². The number of hydrogen-bond acceptors (Lipinski definition) is 4. The van der Waals surface area contributed by atoms with Crippen LogP contribution in [0.5, 0.6) is 11.5 Å². The van der Waals surface area contributed by atoms with Gasteiger partial charge in [-0.05, 0) is 54.3 Å². The summed E-state index contributed by atoms with van der Waals surface area (Å²) in [5, 5.41) is 8.53. The second-order valence-corrected chi connectivity index (χ2v) is 7.90. The maximum atomic E-state index is 12.6. The standard InChI is InChI=1S/C26H27N3O4/c1-32-24-14-19(10-13-23(24)33-17-18-6-3-2-4-7-18)16-27-25(30)20-8-5-9-22(15-20)29-26(31)28-21-11-12-21/h2-10,13-15,21H,11-12,16-17H2,1H3,(H,27,30)(H2,28,29,31). The summed E-state index contributed by atoms with van der Waals surface area (Å²) >= 11 is 0. The quantitative estimate of drug-likeness (QED) is 0.453. The molecule has 0 spiro atoms. The maximum Gasteiger partial charge on any atom is 0.319 e. The van der Waals surface area contributed by atoms with Crippen molar-refractivity contribution in [3.63, 3.8) is 0 Å². The highest BCUT2D eigenvalue weighted by Gasteiger charge is 2.23. The smallest absolute Gasteiger partial charge is 0.319 e. The SMILES string of the molecule is COc1cc(CNC(=O)c2cccc(NC(=O)NC3CC3)c2)ccc1OCc1ccccc1. The number of nitrogens with one attached hydrogen (secondary N) is 3. The Morgan fingerprint density at radius 3 is 2.48 bits per heavy atom. The van der Waals surface area contributed by atoms with Gasteiger partial charge in [0.25, 0.3) is 5.91 Å². The van der Waals surface area contributed by atoms with Gasteiger partial charge in [0.05, 0.1) is 7.11 Å². The number of amides is 3. The van der Waals surface area contributed by atoms with Crippen molar-refractivity contribution in [1.29, 1.82) is 0 Å².